The molecular formula is C31H38ClN3O4S. The van der Waals surface area contributed by atoms with Crippen molar-refractivity contribution in [3.8, 4) is 0 Å². The van der Waals surface area contributed by atoms with Gasteiger partial charge in [0.1, 0.15) is 12.6 Å². The number of sulfonamides is 1. The van der Waals surface area contributed by atoms with Gasteiger partial charge in [-0.3, -0.25) is 13.9 Å². The van der Waals surface area contributed by atoms with Gasteiger partial charge in [-0.2, -0.15) is 0 Å². The second-order valence-corrected chi connectivity index (χ2v) is 11.9. The van der Waals surface area contributed by atoms with Gasteiger partial charge in [-0.25, -0.2) is 8.42 Å². The van der Waals surface area contributed by atoms with Gasteiger partial charge in [0.05, 0.1) is 10.6 Å². The van der Waals surface area contributed by atoms with E-state index in [1.807, 2.05) is 45.9 Å². The molecule has 0 aromatic heterocycles. The van der Waals surface area contributed by atoms with Crippen LogP contribution in [0.3, 0.4) is 0 Å². The maximum absolute atomic E-state index is 14.1. The van der Waals surface area contributed by atoms with Crippen LogP contribution in [0.1, 0.15) is 50.3 Å². The predicted octanol–water partition coefficient (Wildman–Crippen LogP) is 5.74. The van der Waals surface area contributed by atoms with Gasteiger partial charge < -0.3 is 10.2 Å². The Morgan fingerprint density at radius 1 is 0.900 bits per heavy atom. The first-order valence-electron chi connectivity index (χ1n) is 13.6. The standard InChI is InChI=1S/C31H38ClN3O4S/c1-5-20-33-31(37)28(7-3)34(21-25-13-8-10-14-27(25)32)30(36)22-35(29-15-11-9-12-24(29)6-2)40(38,39)26-18-16-23(4)17-19-26/h8-19,28H,5-7,20-22H2,1-4H3,(H,33,37). The minimum absolute atomic E-state index is 0.0599. The molecule has 0 fully saturated rings. The Kier molecular flexibility index (Phi) is 11.2. The second-order valence-electron chi connectivity index (χ2n) is 9.64. The molecule has 214 valence electrons. The summed E-state index contributed by atoms with van der Waals surface area (Å²) >= 11 is 6.45. The molecule has 0 aliphatic rings. The van der Waals surface area contributed by atoms with Gasteiger partial charge in [0, 0.05) is 18.1 Å². The minimum Gasteiger partial charge on any atom is -0.354 e. The molecule has 7 nitrogen and oxygen atoms in total. The van der Waals surface area contributed by atoms with E-state index in [2.05, 4.69) is 5.32 Å². The molecule has 1 atom stereocenters. The molecule has 0 saturated carbocycles. The molecule has 3 aromatic carbocycles. The molecule has 0 bridgehead atoms. The zero-order chi connectivity index (χ0) is 29.3. The number of rotatable bonds is 13. The molecule has 0 saturated heterocycles. The Balaban J connectivity index is 2.10. The normalized spacial score (nSPS) is 12.0. The van der Waals surface area contributed by atoms with Crippen LogP contribution >= 0.6 is 11.6 Å². The van der Waals surface area contributed by atoms with E-state index in [0.29, 0.717) is 35.7 Å². The highest BCUT2D eigenvalue weighted by atomic mass is 35.5. The van der Waals surface area contributed by atoms with Crippen molar-refractivity contribution in [3.05, 3.63) is 94.5 Å². The van der Waals surface area contributed by atoms with Gasteiger partial charge in [0.2, 0.25) is 11.8 Å². The van der Waals surface area contributed by atoms with Crippen LogP contribution in [0.4, 0.5) is 5.69 Å². The first-order chi connectivity index (χ1) is 19.1. The average molecular weight is 584 g/mol. The molecule has 1 unspecified atom stereocenters. The van der Waals surface area contributed by atoms with Crippen LogP contribution in [0.2, 0.25) is 5.02 Å². The molecule has 0 aliphatic carbocycles. The maximum atomic E-state index is 14.1. The predicted molar refractivity (Wildman–Crippen MR) is 161 cm³/mol. The topological polar surface area (TPSA) is 86.8 Å². The summed E-state index contributed by atoms with van der Waals surface area (Å²) in [5, 5.41) is 3.35. The van der Waals surface area contributed by atoms with Crippen LogP contribution in [0.5, 0.6) is 0 Å². The summed E-state index contributed by atoms with van der Waals surface area (Å²) in [5.74, 6) is -0.785. The molecule has 0 heterocycles. The van der Waals surface area contributed by atoms with Crippen molar-refractivity contribution >= 4 is 39.1 Å². The number of nitrogens with zero attached hydrogens (tertiary/aromatic N) is 2. The highest BCUT2D eigenvalue weighted by Gasteiger charge is 2.34. The lowest BCUT2D eigenvalue weighted by atomic mass is 10.1. The van der Waals surface area contributed by atoms with E-state index in [0.717, 1.165) is 21.9 Å². The first-order valence-corrected chi connectivity index (χ1v) is 15.4. The molecular weight excluding hydrogens is 546 g/mol. The van der Waals surface area contributed by atoms with Crippen LogP contribution < -0.4 is 9.62 Å². The average Bonchev–Trinajstić information content (AvgIpc) is 2.95. The third kappa shape index (κ3) is 7.43. The summed E-state index contributed by atoms with van der Waals surface area (Å²) in [6, 6.07) is 20.0. The van der Waals surface area contributed by atoms with Crippen molar-refractivity contribution in [2.24, 2.45) is 0 Å². The lowest BCUT2D eigenvalue weighted by Gasteiger charge is -2.34. The van der Waals surface area contributed by atoms with Crippen LogP contribution in [0.25, 0.3) is 0 Å². The largest absolute Gasteiger partial charge is 0.354 e. The number of halogens is 1. The fourth-order valence-corrected chi connectivity index (χ4v) is 6.15. The van der Waals surface area contributed by atoms with E-state index >= 15 is 0 Å². The molecule has 3 rings (SSSR count). The highest BCUT2D eigenvalue weighted by Crippen LogP contribution is 2.29. The number of carbonyl (C=O) groups excluding carboxylic acids is 2. The highest BCUT2D eigenvalue weighted by molar-refractivity contribution is 7.92. The summed E-state index contributed by atoms with van der Waals surface area (Å²) in [4.78, 5) is 28.9. The van der Waals surface area contributed by atoms with Crippen LogP contribution in [-0.2, 0) is 32.6 Å². The molecule has 3 aromatic rings. The fraction of sp³-hybridized carbons (Fsp3) is 0.355. The summed E-state index contributed by atoms with van der Waals surface area (Å²) in [5.41, 5.74) is 2.81. The SMILES string of the molecule is CCCNC(=O)C(CC)N(Cc1ccccc1Cl)C(=O)CN(c1ccccc1CC)S(=O)(=O)c1ccc(C)cc1. The number of hydrogen-bond donors (Lipinski definition) is 1. The maximum Gasteiger partial charge on any atom is 0.264 e. The minimum atomic E-state index is -4.12. The Morgan fingerprint density at radius 3 is 2.12 bits per heavy atom. The van der Waals surface area contributed by atoms with E-state index in [1.54, 1.807) is 54.6 Å². The first kappa shape index (κ1) is 31.2. The van der Waals surface area contributed by atoms with Gasteiger partial charge in [-0.05, 0) is 61.6 Å². The zero-order valence-electron chi connectivity index (χ0n) is 23.6. The van der Waals surface area contributed by atoms with E-state index < -0.39 is 28.5 Å². The smallest absolute Gasteiger partial charge is 0.264 e. The number of hydrogen-bond acceptors (Lipinski definition) is 4. The number of aryl methyl sites for hydroxylation is 2. The van der Waals surface area contributed by atoms with E-state index in [-0.39, 0.29) is 17.3 Å². The summed E-state index contributed by atoms with van der Waals surface area (Å²) in [6.07, 6.45) is 1.67. The summed E-state index contributed by atoms with van der Waals surface area (Å²) in [6.45, 7) is 7.65. The number of benzene rings is 3. The van der Waals surface area contributed by atoms with Crippen molar-refractivity contribution in [1.29, 1.82) is 0 Å². The molecule has 9 heteroatoms. The van der Waals surface area contributed by atoms with Crippen LogP contribution in [-0.4, -0.2) is 44.3 Å². The molecule has 40 heavy (non-hydrogen) atoms. The summed E-state index contributed by atoms with van der Waals surface area (Å²) < 4.78 is 29.3. The second kappa shape index (κ2) is 14.3. The quantitative estimate of drug-likeness (QED) is 0.278. The van der Waals surface area contributed by atoms with Crippen molar-refractivity contribution in [3.63, 3.8) is 0 Å². The third-order valence-electron chi connectivity index (χ3n) is 6.76. The van der Waals surface area contributed by atoms with Crippen molar-refractivity contribution in [2.45, 2.75) is 64.4 Å². The zero-order valence-corrected chi connectivity index (χ0v) is 25.1. The van der Waals surface area contributed by atoms with Gasteiger partial charge >= 0.3 is 0 Å². The fourth-order valence-electron chi connectivity index (χ4n) is 4.50. The Hall–Kier alpha value is -3.36. The van der Waals surface area contributed by atoms with Crippen LogP contribution in [0, 0.1) is 6.92 Å². The van der Waals surface area contributed by atoms with E-state index in [9.17, 15) is 18.0 Å². The van der Waals surface area contributed by atoms with E-state index in [4.69, 9.17) is 11.6 Å². The number of carbonyl (C=O) groups is 2. The summed E-state index contributed by atoms with van der Waals surface area (Å²) in [7, 11) is -4.12. The van der Waals surface area contributed by atoms with Gasteiger partial charge in [0.15, 0.2) is 0 Å². The molecule has 1 N–H and O–H groups in total. The Bertz CT molecular complexity index is 1410. The molecule has 2 amide bonds. The van der Waals surface area contributed by atoms with Crippen molar-refractivity contribution in [1.82, 2.24) is 10.2 Å². The third-order valence-corrected chi connectivity index (χ3v) is 8.91. The lowest BCUT2D eigenvalue weighted by Crippen LogP contribution is -2.52. The molecule has 0 aliphatic heterocycles. The van der Waals surface area contributed by atoms with Crippen molar-refractivity contribution < 1.29 is 18.0 Å². The van der Waals surface area contributed by atoms with Gasteiger partial charge in [0.25, 0.3) is 10.0 Å². The number of anilines is 1. The number of amides is 2. The van der Waals surface area contributed by atoms with Gasteiger partial charge in [-0.1, -0.05) is 86.5 Å². The van der Waals surface area contributed by atoms with Crippen LogP contribution in [0.15, 0.2) is 77.7 Å². The Labute approximate surface area is 243 Å². The monoisotopic (exact) mass is 583 g/mol. The Morgan fingerprint density at radius 2 is 1.52 bits per heavy atom. The lowest BCUT2D eigenvalue weighted by molar-refractivity contribution is -0.140. The number of para-hydroxylation sites is 1. The van der Waals surface area contributed by atoms with E-state index in [1.165, 1.54) is 4.90 Å². The number of nitrogens with one attached hydrogen (secondary N) is 1. The van der Waals surface area contributed by atoms with Gasteiger partial charge in [-0.15, -0.1) is 0 Å². The van der Waals surface area contributed by atoms with Crippen molar-refractivity contribution in [2.75, 3.05) is 17.4 Å². The molecule has 0 radical (unpaired) electrons. The molecule has 0 spiro atoms.